The molecule has 2 N–H and O–H groups in total. The fourth-order valence-electron chi connectivity index (χ4n) is 4.16. The highest BCUT2D eigenvalue weighted by atomic mass is 16.5. The Labute approximate surface area is 185 Å². The summed E-state index contributed by atoms with van der Waals surface area (Å²) in [4.78, 5) is 24.2. The van der Waals surface area contributed by atoms with Crippen LogP contribution in [0.1, 0.15) is 13.3 Å². The third-order valence-corrected chi connectivity index (χ3v) is 5.88. The molecule has 1 aliphatic rings. The summed E-state index contributed by atoms with van der Waals surface area (Å²) in [5, 5.41) is 5.13. The lowest BCUT2D eigenvalue weighted by Gasteiger charge is -2.23. The summed E-state index contributed by atoms with van der Waals surface area (Å²) in [6.45, 7) is 4.96. The molecular weight excluding hydrogens is 404 g/mol. The molecule has 0 saturated carbocycles. The van der Waals surface area contributed by atoms with Crippen molar-refractivity contribution in [3.05, 3.63) is 54.7 Å². The van der Waals surface area contributed by atoms with E-state index >= 15 is 0 Å². The van der Waals surface area contributed by atoms with Crippen LogP contribution in [0, 0.1) is 0 Å². The van der Waals surface area contributed by atoms with Gasteiger partial charge in [0.1, 0.15) is 5.52 Å². The van der Waals surface area contributed by atoms with Gasteiger partial charge >= 0.3 is 0 Å². The Bertz CT molecular complexity index is 1270. The van der Waals surface area contributed by atoms with Gasteiger partial charge in [-0.05, 0) is 48.9 Å². The predicted molar refractivity (Wildman–Crippen MR) is 124 cm³/mol. The van der Waals surface area contributed by atoms with Crippen LogP contribution in [0.2, 0.25) is 0 Å². The van der Waals surface area contributed by atoms with Crippen LogP contribution in [-0.2, 0) is 4.79 Å². The van der Waals surface area contributed by atoms with Gasteiger partial charge < -0.3 is 20.1 Å². The van der Waals surface area contributed by atoms with Gasteiger partial charge in [-0.2, -0.15) is 0 Å². The Morgan fingerprint density at radius 3 is 2.59 bits per heavy atom. The lowest BCUT2D eigenvalue weighted by Crippen LogP contribution is -2.33. The minimum Gasteiger partial charge on any atom is -0.370 e. The van der Waals surface area contributed by atoms with E-state index in [9.17, 15) is 4.79 Å². The normalized spacial score (nSPS) is 14.5. The Morgan fingerprint density at radius 2 is 1.81 bits per heavy atom. The molecule has 8 nitrogen and oxygen atoms in total. The number of nitrogen functional groups attached to an aromatic ring is 1. The van der Waals surface area contributed by atoms with E-state index in [1.54, 1.807) is 13.1 Å². The van der Waals surface area contributed by atoms with E-state index in [2.05, 4.69) is 44.3 Å². The minimum absolute atomic E-state index is 0.142. The lowest BCUT2D eigenvalue weighted by atomic mass is 10.0. The first-order valence-corrected chi connectivity index (χ1v) is 10.7. The summed E-state index contributed by atoms with van der Waals surface area (Å²) in [5.41, 5.74) is 10.3. The molecule has 4 aromatic rings. The van der Waals surface area contributed by atoms with Crippen LogP contribution in [0.25, 0.3) is 33.5 Å². The summed E-state index contributed by atoms with van der Waals surface area (Å²) in [6.07, 6.45) is 2.61. The van der Waals surface area contributed by atoms with Gasteiger partial charge in [-0.15, -0.1) is 0 Å². The van der Waals surface area contributed by atoms with Crippen LogP contribution in [0.5, 0.6) is 0 Å². The highest BCUT2D eigenvalue weighted by Crippen LogP contribution is 2.33. The van der Waals surface area contributed by atoms with E-state index in [0.29, 0.717) is 5.76 Å². The molecule has 1 saturated heterocycles. The zero-order chi connectivity index (χ0) is 22.1. The number of carbonyl (C=O) groups excluding carboxylic acids is 1. The van der Waals surface area contributed by atoms with Gasteiger partial charge in [0.05, 0.1) is 11.1 Å². The number of hydrogen-bond acceptors (Lipinski definition) is 7. The van der Waals surface area contributed by atoms with Crippen LogP contribution >= 0.6 is 0 Å². The van der Waals surface area contributed by atoms with Gasteiger partial charge in [-0.25, -0.2) is 9.97 Å². The highest BCUT2D eigenvalue weighted by Gasteiger charge is 2.18. The molecule has 0 aliphatic carbocycles. The fourth-order valence-corrected chi connectivity index (χ4v) is 4.16. The predicted octanol–water partition coefficient (Wildman–Crippen LogP) is 3.59. The van der Waals surface area contributed by atoms with Crippen molar-refractivity contribution in [1.82, 2.24) is 20.0 Å². The number of rotatable bonds is 3. The molecule has 3 heterocycles. The Morgan fingerprint density at radius 1 is 1.00 bits per heavy atom. The standard InChI is InChI=1S/C24H24N6O2/c1-16(31)29-11-2-12-30(14-13-29)19-6-3-17(4-7-19)23-20-15-18(5-8-22(20)28-32-23)21-9-10-26-24(25)27-21/h3-10,15H,2,11-14H2,1H3,(H2,25,26,27). The maximum absolute atomic E-state index is 11.7. The van der Waals surface area contributed by atoms with Crippen molar-refractivity contribution in [2.24, 2.45) is 0 Å². The number of carbonyl (C=O) groups is 1. The first-order chi connectivity index (χ1) is 15.6. The van der Waals surface area contributed by atoms with Crippen molar-refractivity contribution in [3.8, 4) is 22.6 Å². The third kappa shape index (κ3) is 3.87. The highest BCUT2D eigenvalue weighted by molar-refractivity contribution is 5.94. The molecule has 0 spiro atoms. The zero-order valence-electron chi connectivity index (χ0n) is 17.9. The average molecular weight is 428 g/mol. The van der Waals surface area contributed by atoms with Gasteiger partial charge in [0.25, 0.3) is 0 Å². The lowest BCUT2D eigenvalue weighted by molar-refractivity contribution is -0.128. The minimum atomic E-state index is 0.142. The SMILES string of the molecule is CC(=O)N1CCCN(c2ccc(-c3onc4ccc(-c5ccnc(N)n5)cc34)cc2)CC1. The van der Waals surface area contributed by atoms with Crippen molar-refractivity contribution < 1.29 is 9.32 Å². The van der Waals surface area contributed by atoms with Crippen LogP contribution in [0.15, 0.2) is 59.3 Å². The zero-order valence-corrected chi connectivity index (χ0v) is 17.9. The number of amides is 1. The molecule has 1 aliphatic heterocycles. The third-order valence-electron chi connectivity index (χ3n) is 5.88. The van der Waals surface area contributed by atoms with Gasteiger partial charge in [0.15, 0.2) is 5.76 Å². The first kappa shape index (κ1) is 20.0. The fraction of sp³-hybridized carbons (Fsp3) is 0.250. The molecule has 0 bridgehead atoms. The quantitative estimate of drug-likeness (QED) is 0.532. The molecule has 2 aromatic carbocycles. The second kappa shape index (κ2) is 8.30. The number of anilines is 2. The molecule has 0 unspecified atom stereocenters. The van der Waals surface area contributed by atoms with E-state index in [-0.39, 0.29) is 11.9 Å². The Kier molecular flexibility index (Phi) is 5.18. The molecule has 1 fully saturated rings. The van der Waals surface area contributed by atoms with Crippen molar-refractivity contribution in [1.29, 1.82) is 0 Å². The molecule has 0 atom stereocenters. The van der Waals surface area contributed by atoms with E-state index in [4.69, 9.17) is 10.3 Å². The van der Waals surface area contributed by atoms with Crippen molar-refractivity contribution in [2.75, 3.05) is 36.8 Å². The first-order valence-electron chi connectivity index (χ1n) is 10.7. The molecule has 1 amide bonds. The van der Waals surface area contributed by atoms with Crippen LogP contribution in [0.3, 0.4) is 0 Å². The Balaban J connectivity index is 1.42. The largest absolute Gasteiger partial charge is 0.370 e. The van der Waals surface area contributed by atoms with E-state index in [0.717, 1.165) is 66.0 Å². The number of nitrogens with zero attached hydrogens (tertiary/aromatic N) is 5. The van der Waals surface area contributed by atoms with E-state index in [1.165, 1.54) is 0 Å². The smallest absolute Gasteiger partial charge is 0.220 e. The summed E-state index contributed by atoms with van der Waals surface area (Å²) in [6, 6.07) is 16.0. The molecular formula is C24H24N6O2. The molecule has 2 aromatic heterocycles. The topological polar surface area (TPSA) is 101 Å². The average Bonchev–Trinajstić information content (AvgIpc) is 3.06. The number of aromatic nitrogens is 3. The van der Waals surface area contributed by atoms with Crippen LogP contribution < -0.4 is 10.6 Å². The second-order valence-electron chi connectivity index (χ2n) is 7.94. The monoisotopic (exact) mass is 428 g/mol. The van der Waals surface area contributed by atoms with Crippen LogP contribution in [-0.4, -0.2) is 52.1 Å². The molecule has 5 rings (SSSR count). The summed E-state index contributed by atoms with van der Waals surface area (Å²) in [5.74, 6) is 1.10. The summed E-state index contributed by atoms with van der Waals surface area (Å²) < 4.78 is 5.70. The number of benzene rings is 2. The number of nitrogens with two attached hydrogens (primary N) is 1. The molecule has 32 heavy (non-hydrogen) atoms. The van der Waals surface area contributed by atoms with Gasteiger partial charge in [-0.1, -0.05) is 11.2 Å². The maximum atomic E-state index is 11.7. The number of hydrogen-bond donors (Lipinski definition) is 1. The van der Waals surface area contributed by atoms with Gasteiger partial charge in [0.2, 0.25) is 11.9 Å². The number of fused-ring (bicyclic) bond motifs is 1. The second-order valence-corrected chi connectivity index (χ2v) is 7.94. The van der Waals surface area contributed by atoms with E-state index in [1.807, 2.05) is 29.2 Å². The van der Waals surface area contributed by atoms with Gasteiger partial charge in [0, 0.05) is 56.1 Å². The molecule has 162 valence electrons. The van der Waals surface area contributed by atoms with Crippen LogP contribution in [0.4, 0.5) is 11.6 Å². The Hall–Kier alpha value is -3.94. The molecule has 8 heteroatoms. The van der Waals surface area contributed by atoms with Crippen molar-refractivity contribution in [2.45, 2.75) is 13.3 Å². The summed E-state index contributed by atoms with van der Waals surface area (Å²) in [7, 11) is 0. The maximum Gasteiger partial charge on any atom is 0.220 e. The van der Waals surface area contributed by atoms with Gasteiger partial charge in [-0.3, -0.25) is 4.79 Å². The summed E-state index contributed by atoms with van der Waals surface area (Å²) >= 11 is 0. The van der Waals surface area contributed by atoms with E-state index < -0.39 is 0 Å². The van der Waals surface area contributed by atoms with Crippen molar-refractivity contribution >= 4 is 28.4 Å². The molecule has 0 radical (unpaired) electrons. The van der Waals surface area contributed by atoms with Crippen molar-refractivity contribution in [3.63, 3.8) is 0 Å².